The van der Waals surface area contributed by atoms with Crippen LogP contribution in [0, 0.1) is 5.92 Å². The van der Waals surface area contributed by atoms with E-state index >= 15 is 0 Å². The Morgan fingerprint density at radius 1 is 1.03 bits per heavy atom. The standard InChI is InChI=1S/C19H21F3N2O4S/c1-12(2)18(26)24-15-7-9-16(10-8-15)29(27,28)23-11-17(25)13-3-5-14(6-4-13)19(20,21)22/h3-10,12,17,23,25H,11H2,1-2H3,(H,24,26)/t17-/m1/s1. The number of rotatable bonds is 7. The average molecular weight is 430 g/mol. The molecule has 0 heterocycles. The van der Waals surface area contributed by atoms with Crippen molar-refractivity contribution >= 4 is 21.6 Å². The van der Waals surface area contributed by atoms with Crippen molar-refractivity contribution < 1.29 is 31.5 Å². The minimum atomic E-state index is -4.49. The number of sulfonamides is 1. The molecule has 0 unspecified atom stereocenters. The number of carbonyl (C=O) groups is 1. The number of alkyl halides is 3. The maximum Gasteiger partial charge on any atom is 0.416 e. The highest BCUT2D eigenvalue weighted by Gasteiger charge is 2.30. The molecule has 0 aliphatic carbocycles. The predicted octanol–water partition coefficient (Wildman–Crippen LogP) is 3.31. The van der Waals surface area contributed by atoms with E-state index in [1.54, 1.807) is 13.8 Å². The van der Waals surface area contributed by atoms with E-state index in [-0.39, 0.29) is 22.3 Å². The van der Waals surface area contributed by atoms with Crippen LogP contribution in [0.1, 0.15) is 31.1 Å². The Morgan fingerprint density at radius 2 is 1.59 bits per heavy atom. The van der Waals surface area contributed by atoms with Crippen LogP contribution in [-0.2, 0) is 21.0 Å². The summed E-state index contributed by atoms with van der Waals surface area (Å²) in [5.41, 5.74) is -0.279. The molecule has 1 amide bonds. The van der Waals surface area contributed by atoms with Crippen molar-refractivity contribution in [2.24, 2.45) is 5.92 Å². The molecule has 29 heavy (non-hydrogen) atoms. The van der Waals surface area contributed by atoms with Gasteiger partial charge in [0.05, 0.1) is 16.6 Å². The van der Waals surface area contributed by atoms with Gasteiger partial charge >= 0.3 is 6.18 Å². The topological polar surface area (TPSA) is 95.5 Å². The molecular weight excluding hydrogens is 409 g/mol. The molecule has 2 aromatic rings. The molecule has 6 nitrogen and oxygen atoms in total. The van der Waals surface area contributed by atoms with Crippen LogP contribution in [-0.4, -0.2) is 26.0 Å². The van der Waals surface area contributed by atoms with Crippen molar-refractivity contribution in [3.8, 4) is 0 Å². The maximum absolute atomic E-state index is 12.6. The van der Waals surface area contributed by atoms with Gasteiger partial charge in [0.2, 0.25) is 15.9 Å². The van der Waals surface area contributed by atoms with Crippen molar-refractivity contribution in [2.75, 3.05) is 11.9 Å². The first-order valence-corrected chi connectivity index (χ1v) is 10.1. The lowest BCUT2D eigenvalue weighted by atomic mass is 10.1. The van der Waals surface area contributed by atoms with Crippen molar-refractivity contribution in [1.82, 2.24) is 4.72 Å². The normalized spacial score (nSPS) is 13.3. The summed E-state index contributed by atoms with van der Waals surface area (Å²) in [6, 6.07) is 9.27. The molecule has 10 heteroatoms. The maximum atomic E-state index is 12.6. The highest BCUT2D eigenvalue weighted by atomic mass is 32.2. The largest absolute Gasteiger partial charge is 0.416 e. The van der Waals surface area contributed by atoms with Crippen LogP contribution >= 0.6 is 0 Å². The lowest BCUT2D eigenvalue weighted by Gasteiger charge is -2.14. The number of hydrogen-bond acceptors (Lipinski definition) is 4. The third-order valence-electron chi connectivity index (χ3n) is 4.05. The van der Waals surface area contributed by atoms with Crippen LogP contribution in [0.25, 0.3) is 0 Å². The molecular formula is C19H21F3N2O4S. The third kappa shape index (κ3) is 6.28. The molecule has 1 atom stereocenters. The summed E-state index contributed by atoms with van der Waals surface area (Å²) < 4.78 is 64.6. The second-order valence-electron chi connectivity index (χ2n) is 6.66. The fraction of sp³-hybridized carbons (Fsp3) is 0.316. The van der Waals surface area contributed by atoms with Gasteiger partial charge in [0.15, 0.2) is 0 Å². The van der Waals surface area contributed by atoms with E-state index in [9.17, 15) is 31.5 Å². The van der Waals surface area contributed by atoms with E-state index in [0.29, 0.717) is 5.69 Å². The van der Waals surface area contributed by atoms with Gasteiger partial charge in [-0.05, 0) is 42.0 Å². The molecule has 0 saturated heterocycles. The molecule has 0 saturated carbocycles. The Kier molecular flexibility index (Phi) is 7.04. The van der Waals surface area contributed by atoms with Crippen molar-refractivity contribution in [1.29, 1.82) is 0 Å². The van der Waals surface area contributed by atoms with Gasteiger partial charge in [-0.2, -0.15) is 13.2 Å². The van der Waals surface area contributed by atoms with Gasteiger partial charge in [0.1, 0.15) is 0 Å². The zero-order chi connectivity index (χ0) is 21.8. The molecule has 0 fully saturated rings. The van der Waals surface area contributed by atoms with Crippen LogP contribution < -0.4 is 10.0 Å². The minimum absolute atomic E-state index is 0.0836. The average Bonchev–Trinajstić information content (AvgIpc) is 2.66. The second kappa shape index (κ2) is 8.93. The molecule has 3 N–H and O–H groups in total. The smallest absolute Gasteiger partial charge is 0.387 e. The quantitative estimate of drug-likeness (QED) is 0.628. The number of aliphatic hydroxyl groups is 1. The van der Waals surface area contributed by atoms with Gasteiger partial charge in [-0.1, -0.05) is 26.0 Å². The molecule has 2 rings (SSSR count). The number of amides is 1. The van der Waals surface area contributed by atoms with Crippen LogP contribution in [0.2, 0.25) is 0 Å². The van der Waals surface area contributed by atoms with E-state index in [1.165, 1.54) is 24.3 Å². The van der Waals surface area contributed by atoms with Crippen LogP contribution in [0.4, 0.5) is 18.9 Å². The Hall–Kier alpha value is -2.43. The highest BCUT2D eigenvalue weighted by molar-refractivity contribution is 7.89. The third-order valence-corrected chi connectivity index (χ3v) is 5.49. The summed E-state index contributed by atoms with van der Waals surface area (Å²) in [6.07, 6.45) is -5.82. The Balaban J connectivity index is 2.01. The Bertz CT molecular complexity index is 941. The SMILES string of the molecule is CC(C)C(=O)Nc1ccc(S(=O)(=O)NC[C@@H](O)c2ccc(C(F)(F)F)cc2)cc1. The summed E-state index contributed by atoms with van der Waals surface area (Å²) in [5, 5.41) is 12.7. The summed E-state index contributed by atoms with van der Waals surface area (Å²) >= 11 is 0. The molecule has 158 valence electrons. The molecule has 0 aliphatic rings. The lowest BCUT2D eigenvalue weighted by Crippen LogP contribution is -2.28. The number of halogens is 3. The molecule has 0 bridgehead atoms. The van der Waals surface area contributed by atoms with E-state index in [2.05, 4.69) is 10.0 Å². The second-order valence-corrected chi connectivity index (χ2v) is 8.42. The van der Waals surface area contributed by atoms with Crippen LogP contribution in [0.5, 0.6) is 0 Å². The first-order valence-electron chi connectivity index (χ1n) is 8.66. The first-order chi connectivity index (χ1) is 13.4. The van der Waals surface area contributed by atoms with Crippen molar-refractivity contribution in [3.05, 3.63) is 59.7 Å². The predicted molar refractivity (Wildman–Crippen MR) is 102 cm³/mol. The summed E-state index contributed by atoms with van der Waals surface area (Å²) in [5.74, 6) is -0.440. The van der Waals surface area contributed by atoms with Gasteiger partial charge in [-0.3, -0.25) is 4.79 Å². The van der Waals surface area contributed by atoms with Gasteiger partial charge < -0.3 is 10.4 Å². The number of anilines is 1. The summed E-state index contributed by atoms with van der Waals surface area (Å²) in [4.78, 5) is 11.6. The molecule has 0 spiro atoms. The number of carbonyl (C=O) groups excluding carboxylic acids is 1. The zero-order valence-electron chi connectivity index (χ0n) is 15.7. The van der Waals surface area contributed by atoms with Gasteiger partial charge in [0, 0.05) is 18.2 Å². The molecule has 0 radical (unpaired) electrons. The van der Waals surface area contributed by atoms with Gasteiger partial charge in [-0.15, -0.1) is 0 Å². The Labute approximate surface area is 166 Å². The van der Waals surface area contributed by atoms with Crippen molar-refractivity contribution in [3.63, 3.8) is 0 Å². The number of benzene rings is 2. The van der Waals surface area contributed by atoms with E-state index in [4.69, 9.17) is 0 Å². The molecule has 0 aromatic heterocycles. The Morgan fingerprint density at radius 3 is 2.07 bits per heavy atom. The fourth-order valence-corrected chi connectivity index (χ4v) is 3.33. The molecule has 2 aromatic carbocycles. The number of nitrogens with one attached hydrogen (secondary N) is 2. The van der Waals surface area contributed by atoms with E-state index in [0.717, 1.165) is 24.3 Å². The monoisotopic (exact) mass is 430 g/mol. The van der Waals surface area contributed by atoms with E-state index < -0.39 is 34.4 Å². The van der Waals surface area contributed by atoms with Crippen LogP contribution in [0.3, 0.4) is 0 Å². The lowest BCUT2D eigenvalue weighted by molar-refractivity contribution is -0.137. The van der Waals surface area contributed by atoms with Crippen molar-refractivity contribution in [2.45, 2.75) is 31.0 Å². The van der Waals surface area contributed by atoms with Crippen LogP contribution in [0.15, 0.2) is 53.4 Å². The first kappa shape index (κ1) is 22.9. The number of hydrogen-bond donors (Lipinski definition) is 3. The summed E-state index contributed by atoms with van der Waals surface area (Å²) in [6.45, 7) is 3.03. The zero-order valence-corrected chi connectivity index (χ0v) is 16.5. The fourth-order valence-electron chi connectivity index (χ4n) is 2.29. The number of aliphatic hydroxyl groups excluding tert-OH is 1. The minimum Gasteiger partial charge on any atom is -0.387 e. The van der Waals surface area contributed by atoms with Gasteiger partial charge in [-0.25, -0.2) is 13.1 Å². The molecule has 0 aliphatic heterocycles. The van der Waals surface area contributed by atoms with E-state index in [1.807, 2.05) is 0 Å². The van der Waals surface area contributed by atoms with Gasteiger partial charge in [0.25, 0.3) is 0 Å². The summed E-state index contributed by atoms with van der Waals surface area (Å²) in [7, 11) is -3.96. The highest BCUT2D eigenvalue weighted by Crippen LogP contribution is 2.30.